The zero-order valence-electron chi connectivity index (χ0n) is 21.9. The minimum atomic E-state index is -4.22. The van der Waals surface area contributed by atoms with Crippen LogP contribution in [0.2, 0.25) is 0 Å². The topological polar surface area (TPSA) is 67.8 Å². The smallest absolute Gasteiger partial charge is 0.268 e. The summed E-state index contributed by atoms with van der Waals surface area (Å²) in [6, 6.07) is 0. The molecular weight excluding hydrogens is 425 g/mol. The molecule has 32 heavy (non-hydrogen) atoms. The fraction of sp³-hybridized carbons (Fsp3) is 1.00. The molecule has 0 saturated carbocycles. The van der Waals surface area contributed by atoms with E-state index < -0.39 is 7.82 Å². The van der Waals surface area contributed by atoms with Crippen LogP contribution in [-0.2, 0) is 18.3 Å². The molecule has 0 fully saturated rings. The van der Waals surface area contributed by atoms with Gasteiger partial charge >= 0.3 is 0 Å². The Morgan fingerprint density at radius 1 is 0.719 bits per heavy atom. The Bertz CT molecular complexity index is 456. The van der Waals surface area contributed by atoms with Gasteiger partial charge in [-0.25, -0.2) is 0 Å². The zero-order valence-corrected chi connectivity index (χ0v) is 22.8. The Morgan fingerprint density at radius 2 is 1.19 bits per heavy atom. The van der Waals surface area contributed by atoms with Gasteiger partial charge in [-0.15, -0.1) is 0 Å². The predicted molar refractivity (Wildman–Crippen MR) is 133 cm³/mol. The number of rotatable bonds is 24. The van der Waals surface area contributed by atoms with Crippen molar-refractivity contribution in [3.8, 4) is 0 Å². The fourth-order valence-corrected chi connectivity index (χ4v) is 4.23. The van der Waals surface area contributed by atoms with Gasteiger partial charge in [-0.2, -0.15) is 0 Å². The van der Waals surface area contributed by atoms with E-state index >= 15 is 0 Å². The van der Waals surface area contributed by atoms with Crippen LogP contribution in [0.25, 0.3) is 0 Å². The van der Waals surface area contributed by atoms with Crippen molar-refractivity contribution in [2.75, 3.05) is 54.1 Å². The third-order valence-corrected chi connectivity index (χ3v) is 6.54. The minimum Gasteiger partial charge on any atom is -0.756 e. The van der Waals surface area contributed by atoms with Gasteiger partial charge in [0.2, 0.25) is 0 Å². The first-order valence-corrected chi connectivity index (χ1v) is 14.6. The number of hydrogen-bond donors (Lipinski definition) is 0. The number of hydrogen-bond acceptors (Lipinski definition) is 5. The summed E-state index contributed by atoms with van der Waals surface area (Å²) in [6.45, 7) is 6.28. The lowest BCUT2D eigenvalue weighted by molar-refractivity contribution is -0.870. The highest BCUT2D eigenvalue weighted by atomic mass is 31.2. The number of nitrogens with zero attached hydrogens (tertiary/aromatic N) is 1. The molecule has 0 spiro atoms. The average molecular weight is 480 g/mol. The minimum absolute atomic E-state index is 0.0194. The van der Waals surface area contributed by atoms with Crippen LogP contribution in [0.4, 0.5) is 0 Å². The normalized spacial score (nSPS) is 15.1. The molecule has 7 heteroatoms. The van der Waals surface area contributed by atoms with Crippen LogP contribution in [0.3, 0.4) is 0 Å². The maximum atomic E-state index is 11.8. The first-order valence-electron chi connectivity index (χ1n) is 13.1. The van der Waals surface area contributed by atoms with Crippen molar-refractivity contribution in [2.24, 2.45) is 5.92 Å². The molecule has 0 aromatic rings. The standard InChI is InChI=1S/C25H54NO5P/c1-6-7-8-9-10-11-12-13-14-15-16-17-18-19-21-29-23-25(2)24-31-32(27,28)30-22-20-26(3,4)5/h25H,6-24H2,1-5H3. The van der Waals surface area contributed by atoms with Gasteiger partial charge in [0, 0.05) is 12.5 Å². The average Bonchev–Trinajstić information content (AvgIpc) is 2.71. The van der Waals surface area contributed by atoms with Gasteiger partial charge in [0.1, 0.15) is 13.2 Å². The highest BCUT2D eigenvalue weighted by Crippen LogP contribution is 2.38. The number of ether oxygens (including phenoxy) is 1. The molecular formula is C25H54NO5P. The van der Waals surface area contributed by atoms with E-state index in [9.17, 15) is 9.46 Å². The number of likely N-dealkylation sites (N-methyl/N-ethyl adjacent to an activating group) is 1. The first kappa shape index (κ1) is 32.0. The van der Waals surface area contributed by atoms with Crippen molar-refractivity contribution < 1.29 is 27.7 Å². The molecule has 0 bridgehead atoms. The van der Waals surface area contributed by atoms with Crippen LogP contribution >= 0.6 is 7.82 Å². The van der Waals surface area contributed by atoms with Crippen LogP contribution < -0.4 is 4.89 Å². The van der Waals surface area contributed by atoms with E-state index in [1.165, 1.54) is 83.5 Å². The largest absolute Gasteiger partial charge is 0.756 e. The van der Waals surface area contributed by atoms with Gasteiger partial charge in [0.05, 0.1) is 34.4 Å². The van der Waals surface area contributed by atoms with Gasteiger partial charge in [0.15, 0.2) is 0 Å². The van der Waals surface area contributed by atoms with Crippen LogP contribution in [0.15, 0.2) is 0 Å². The molecule has 0 heterocycles. The summed E-state index contributed by atoms with van der Waals surface area (Å²) >= 11 is 0. The SMILES string of the molecule is CCCCCCCCCCCCCCCCOCC(C)COP(=O)([O-])OCC[N+](C)(C)C. The van der Waals surface area contributed by atoms with Crippen molar-refractivity contribution in [3.63, 3.8) is 0 Å². The maximum absolute atomic E-state index is 11.8. The Labute approximate surface area is 199 Å². The molecule has 0 aliphatic carbocycles. The summed E-state index contributed by atoms with van der Waals surface area (Å²) in [7, 11) is 1.73. The summed E-state index contributed by atoms with van der Waals surface area (Å²) in [5.74, 6) is 0.0194. The number of phosphoric ester groups is 1. The molecule has 0 amide bonds. The lowest BCUT2D eigenvalue weighted by Crippen LogP contribution is -2.37. The molecule has 2 atom stereocenters. The maximum Gasteiger partial charge on any atom is 0.268 e. The van der Waals surface area contributed by atoms with Gasteiger partial charge in [-0.3, -0.25) is 4.57 Å². The molecule has 0 radical (unpaired) electrons. The van der Waals surface area contributed by atoms with Gasteiger partial charge < -0.3 is 23.2 Å². The van der Waals surface area contributed by atoms with E-state index in [1.807, 2.05) is 28.1 Å². The molecule has 0 aliphatic heterocycles. The van der Waals surface area contributed by atoms with E-state index in [4.69, 9.17) is 13.8 Å². The molecule has 0 rings (SSSR count). The van der Waals surface area contributed by atoms with E-state index in [-0.39, 0.29) is 19.1 Å². The molecule has 0 N–H and O–H groups in total. The Kier molecular flexibility index (Phi) is 20.4. The number of quaternary nitrogens is 1. The van der Waals surface area contributed by atoms with E-state index in [0.717, 1.165) is 13.0 Å². The number of unbranched alkanes of at least 4 members (excludes halogenated alkanes) is 13. The Hall–Kier alpha value is 0.0300. The quantitative estimate of drug-likeness (QED) is 0.0919. The van der Waals surface area contributed by atoms with Crippen LogP contribution in [-0.4, -0.2) is 58.6 Å². The second kappa shape index (κ2) is 20.4. The first-order chi connectivity index (χ1) is 15.2. The summed E-state index contributed by atoms with van der Waals surface area (Å²) < 4.78 is 28.0. The Morgan fingerprint density at radius 3 is 1.66 bits per heavy atom. The van der Waals surface area contributed by atoms with Gasteiger partial charge in [-0.1, -0.05) is 97.3 Å². The molecule has 0 aromatic heterocycles. The van der Waals surface area contributed by atoms with E-state index in [1.54, 1.807) is 0 Å². The predicted octanol–water partition coefficient (Wildman–Crippen LogP) is 6.33. The molecule has 194 valence electrons. The van der Waals surface area contributed by atoms with Crippen LogP contribution in [0, 0.1) is 5.92 Å². The third-order valence-electron chi connectivity index (χ3n) is 5.57. The van der Waals surface area contributed by atoms with Gasteiger partial charge in [-0.05, 0) is 6.42 Å². The number of phosphoric acid groups is 1. The highest BCUT2D eigenvalue weighted by molar-refractivity contribution is 7.45. The second-order valence-corrected chi connectivity index (χ2v) is 11.8. The molecule has 0 aliphatic rings. The van der Waals surface area contributed by atoms with E-state index in [0.29, 0.717) is 17.6 Å². The zero-order chi connectivity index (χ0) is 24.1. The van der Waals surface area contributed by atoms with Crippen molar-refractivity contribution in [2.45, 2.75) is 104 Å². The summed E-state index contributed by atoms with van der Waals surface area (Å²) in [4.78, 5) is 11.8. The summed E-state index contributed by atoms with van der Waals surface area (Å²) in [6.07, 6.45) is 18.8. The monoisotopic (exact) mass is 479 g/mol. The van der Waals surface area contributed by atoms with Gasteiger partial charge in [0.25, 0.3) is 7.82 Å². The fourth-order valence-electron chi connectivity index (χ4n) is 3.41. The Balaban J connectivity index is 3.40. The second-order valence-electron chi connectivity index (χ2n) is 10.4. The van der Waals surface area contributed by atoms with Crippen molar-refractivity contribution in [3.05, 3.63) is 0 Å². The lowest BCUT2D eigenvalue weighted by atomic mass is 10.0. The van der Waals surface area contributed by atoms with Crippen molar-refractivity contribution >= 4 is 7.82 Å². The van der Waals surface area contributed by atoms with Crippen LogP contribution in [0.1, 0.15) is 104 Å². The summed E-state index contributed by atoms with van der Waals surface area (Å²) in [5, 5.41) is 0. The van der Waals surface area contributed by atoms with E-state index in [2.05, 4.69) is 6.92 Å². The lowest BCUT2D eigenvalue weighted by Gasteiger charge is -2.27. The van der Waals surface area contributed by atoms with Crippen molar-refractivity contribution in [1.82, 2.24) is 0 Å². The molecule has 0 saturated heterocycles. The highest BCUT2D eigenvalue weighted by Gasteiger charge is 2.15. The molecule has 6 nitrogen and oxygen atoms in total. The molecule has 0 aromatic carbocycles. The van der Waals surface area contributed by atoms with Crippen molar-refractivity contribution in [1.29, 1.82) is 0 Å². The molecule has 2 unspecified atom stereocenters. The van der Waals surface area contributed by atoms with Crippen LogP contribution in [0.5, 0.6) is 0 Å². The summed E-state index contributed by atoms with van der Waals surface area (Å²) in [5.41, 5.74) is 0. The third kappa shape index (κ3) is 24.7.